The van der Waals surface area contributed by atoms with Crippen molar-refractivity contribution in [2.75, 3.05) is 39.3 Å². The van der Waals surface area contributed by atoms with Crippen LogP contribution in [-0.2, 0) is 14.3 Å². The van der Waals surface area contributed by atoms with Gasteiger partial charge >= 0.3 is 6.09 Å². The summed E-state index contributed by atoms with van der Waals surface area (Å²) in [5, 5.41) is 8.97. The molecular weight excluding hydrogens is 709 g/mol. The lowest BCUT2D eigenvalue weighted by Gasteiger charge is -2.23. The number of unbranched alkanes of at least 4 members (excludes halogenated alkanes) is 24. The second-order valence-electron chi connectivity index (χ2n) is 17.3. The van der Waals surface area contributed by atoms with Gasteiger partial charge in [-0.15, -0.1) is 0 Å². The van der Waals surface area contributed by atoms with Gasteiger partial charge in [0, 0.05) is 52.1 Å². The first-order chi connectivity index (χ1) is 27.7. The third kappa shape index (κ3) is 44.6. The Kier molecular flexibility index (Phi) is 40.1. The van der Waals surface area contributed by atoms with E-state index in [0.29, 0.717) is 52.1 Å². The summed E-state index contributed by atoms with van der Waals surface area (Å²) < 4.78 is 5.36. The number of carbonyl (C=O) groups excluding carboxylic acids is 3. The highest BCUT2D eigenvalue weighted by Gasteiger charge is 2.16. The molecule has 0 aliphatic heterocycles. The zero-order valence-electron chi connectivity index (χ0n) is 38.3. The molecule has 57 heavy (non-hydrogen) atoms. The molecule has 8 heteroatoms. The Balaban J connectivity index is 4.13. The minimum absolute atomic E-state index is 0.0391. The van der Waals surface area contributed by atoms with Crippen LogP contribution in [0.15, 0.2) is 24.3 Å². The molecule has 8 nitrogen and oxygen atoms in total. The fourth-order valence-electron chi connectivity index (χ4n) is 6.86. The molecule has 0 aromatic rings. The summed E-state index contributed by atoms with van der Waals surface area (Å²) in [7, 11) is 0. The smallest absolute Gasteiger partial charge is 0.407 e. The fraction of sp³-hybridized carbons (Fsp3) is 0.857. The molecule has 334 valence electrons. The van der Waals surface area contributed by atoms with Crippen molar-refractivity contribution >= 4 is 17.9 Å². The number of carbonyl (C=O) groups is 3. The number of nitrogens with zero attached hydrogens (tertiary/aromatic N) is 1. The highest BCUT2D eigenvalue weighted by atomic mass is 16.6. The monoisotopic (exact) mass is 803 g/mol. The molecule has 0 unspecified atom stereocenters. The second kappa shape index (κ2) is 41.8. The SMILES string of the molecule is CCCCCCCC/C=C\CCCCCCCCNC(=O)CCN(CCNC(=O)OC(C)(C)C)CCC(=O)NCCCCCCCC/C=C\CCCCCCCC. The molecule has 0 heterocycles. The van der Waals surface area contributed by atoms with Crippen LogP contribution in [0.2, 0.25) is 0 Å². The molecule has 0 spiro atoms. The lowest BCUT2D eigenvalue weighted by Crippen LogP contribution is -2.40. The molecule has 0 saturated heterocycles. The van der Waals surface area contributed by atoms with Crippen molar-refractivity contribution in [1.29, 1.82) is 0 Å². The van der Waals surface area contributed by atoms with Crippen molar-refractivity contribution in [1.82, 2.24) is 20.9 Å². The molecule has 0 saturated carbocycles. The molecule has 0 radical (unpaired) electrons. The third-order valence-electron chi connectivity index (χ3n) is 10.4. The summed E-state index contributed by atoms with van der Waals surface area (Å²) in [6.45, 7) is 13.5. The van der Waals surface area contributed by atoms with E-state index < -0.39 is 11.7 Å². The maximum Gasteiger partial charge on any atom is 0.407 e. The minimum atomic E-state index is -0.562. The van der Waals surface area contributed by atoms with E-state index in [1.165, 1.54) is 154 Å². The van der Waals surface area contributed by atoms with Gasteiger partial charge in [0.2, 0.25) is 11.8 Å². The van der Waals surface area contributed by atoms with Crippen LogP contribution in [0, 0.1) is 0 Å². The van der Waals surface area contributed by atoms with Gasteiger partial charge in [0.15, 0.2) is 0 Å². The Morgan fingerprint density at radius 3 is 1.12 bits per heavy atom. The van der Waals surface area contributed by atoms with E-state index in [9.17, 15) is 14.4 Å². The molecule has 3 N–H and O–H groups in total. The molecule has 0 bridgehead atoms. The molecule has 0 aliphatic rings. The first kappa shape index (κ1) is 54.6. The van der Waals surface area contributed by atoms with Crippen molar-refractivity contribution in [3.63, 3.8) is 0 Å². The second-order valence-corrected chi connectivity index (χ2v) is 17.3. The Hall–Kier alpha value is -2.35. The van der Waals surface area contributed by atoms with E-state index in [4.69, 9.17) is 4.74 Å². The minimum Gasteiger partial charge on any atom is -0.444 e. The Morgan fingerprint density at radius 2 is 0.772 bits per heavy atom. The van der Waals surface area contributed by atoms with Crippen LogP contribution in [0.5, 0.6) is 0 Å². The van der Waals surface area contributed by atoms with E-state index >= 15 is 0 Å². The number of amides is 3. The van der Waals surface area contributed by atoms with Crippen LogP contribution in [0.1, 0.15) is 227 Å². The quantitative estimate of drug-likeness (QED) is 0.0422. The molecule has 0 atom stereocenters. The van der Waals surface area contributed by atoms with Gasteiger partial charge in [0.25, 0.3) is 0 Å². The summed E-state index contributed by atoms with van der Waals surface area (Å²) >= 11 is 0. The van der Waals surface area contributed by atoms with Crippen molar-refractivity contribution in [2.45, 2.75) is 233 Å². The van der Waals surface area contributed by atoms with Crippen LogP contribution in [0.25, 0.3) is 0 Å². The fourth-order valence-corrected chi connectivity index (χ4v) is 6.86. The van der Waals surface area contributed by atoms with E-state index in [0.717, 1.165) is 25.7 Å². The lowest BCUT2D eigenvalue weighted by atomic mass is 10.1. The summed E-state index contributed by atoms with van der Waals surface area (Å²) in [5.41, 5.74) is -0.562. The Morgan fingerprint density at radius 1 is 0.439 bits per heavy atom. The molecule has 0 aromatic carbocycles. The number of hydrogen-bond acceptors (Lipinski definition) is 5. The molecule has 0 fully saturated rings. The van der Waals surface area contributed by atoms with Crippen LogP contribution >= 0.6 is 0 Å². The number of hydrogen-bond donors (Lipinski definition) is 3. The van der Waals surface area contributed by atoms with Gasteiger partial charge < -0.3 is 25.6 Å². The van der Waals surface area contributed by atoms with Crippen molar-refractivity contribution < 1.29 is 19.1 Å². The number of nitrogens with one attached hydrogen (secondary N) is 3. The number of allylic oxidation sites excluding steroid dienone is 4. The van der Waals surface area contributed by atoms with E-state index in [1.807, 2.05) is 20.8 Å². The maximum absolute atomic E-state index is 12.7. The number of alkyl carbamates (subject to hydrolysis) is 1. The van der Waals surface area contributed by atoms with Gasteiger partial charge in [-0.1, -0.05) is 154 Å². The van der Waals surface area contributed by atoms with Gasteiger partial charge in [-0.2, -0.15) is 0 Å². The predicted molar refractivity (Wildman–Crippen MR) is 245 cm³/mol. The van der Waals surface area contributed by atoms with Gasteiger partial charge in [-0.05, 0) is 85.0 Å². The normalized spacial score (nSPS) is 11.9. The van der Waals surface area contributed by atoms with Gasteiger partial charge in [-0.25, -0.2) is 4.79 Å². The highest BCUT2D eigenvalue weighted by Crippen LogP contribution is 2.12. The van der Waals surface area contributed by atoms with Crippen LogP contribution in [0.4, 0.5) is 4.79 Å². The van der Waals surface area contributed by atoms with Gasteiger partial charge in [-0.3, -0.25) is 9.59 Å². The zero-order chi connectivity index (χ0) is 41.9. The molecule has 0 rings (SSSR count). The maximum atomic E-state index is 12.7. The van der Waals surface area contributed by atoms with Crippen molar-refractivity contribution in [3.05, 3.63) is 24.3 Å². The summed E-state index contributed by atoms with van der Waals surface area (Å²) in [5.74, 6) is 0.0783. The average molecular weight is 803 g/mol. The van der Waals surface area contributed by atoms with Crippen molar-refractivity contribution in [3.8, 4) is 0 Å². The molecule has 0 aromatic heterocycles. The first-order valence-corrected chi connectivity index (χ1v) is 24.2. The van der Waals surface area contributed by atoms with Crippen LogP contribution in [0.3, 0.4) is 0 Å². The first-order valence-electron chi connectivity index (χ1n) is 24.2. The van der Waals surface area contributed by atoms with Crippen molar-refractivity contribution in [2.24, 2.45) is 0 Å². The highest BCUT2D eigenvalue weighted by molar-refractivity contribution is 5.76. The largest absolute Gasteiger partial charge is 0.444 e. The zero-order valence-corrected chi connectivity index (χ0v) is 38.3. The van der Waals surface area contributed by atoms with E-state index in [2.05, 4.69) is 59.0 Å². The van der Waals surface area contributed by atoms with Crippen LogP contribution in [-0.4, -0.2) is 67.7 Å². The van der Waals surface area contributed by atoms with Gasteiger partial charge in [0.05, 0.1) is 0 Å². The summed E-state index contributed by atoms with van der Waals surface area (Å²) in [4.78, 5) is 39.5. The van der Waals surface area contributed by atoms with Crippen LogP contribution < -0.4 is 16.0 Å². The summed E-state index contributed by atoms with van der Waals surface area (Å²) in [6, 6.07) is 0. The standard InChI is InChI=1S/C49H94N4O4/c1-6-8-10-12-14-16-18-20-22-24-26-28-30-32-34-36-40-50-46(54)38-43-53(45-42-52-48(56)57-49(3,4)5)44-39-47(55)51-41-37-35-33-31-29-27-25-23-21-19-17-15-13-11-9-7-2/h20-23H,6-19,24-45H2,1-5H3,(H,50,54)(H,51,55)(H,52,56)/b22-20-,23-21-. The molecule has 3 amide bonds. The lowest BCUT2D eigenvalue weighted by molar-refractivity contribution is -0.121. The number of rotatable bonds is 41. The Labute approximate surface area is 353 Å². The van der Waals surface area contributed by atoms with E-state index in [-0.39, 0.29) is 11.8 Å². The average Bonchev–Trinajstić information content (AvgIpc) is 3.17. The van der Waals surface area contributed by atoms with E-state index in [1.54, 1.807) is 0 Å². The van der Waals surface area contributed by atoms with Gasteiger partial charge in [0.1, 0.15) is 5.60 Å². The topological polar surface area (TPSA) is 99.8 Å². The molecule has 0 aliphatic carbocycles. The predicted octanol–water partition coefficient (Wildman–Crippen LogP) is 12.9. The third-order valence-corrected chi connectivity index (χ3v) is 10.4. The molecular formula is C49H94N4O4. The number of ether oxygens (including phenoxy) is 1. The Bertz CT molecular complexity index is 917. The summed E-state index contributed by atoms with van der Waals surface area (Å²) in [6.07, 6.45) is 45.4.